The van der Waals surface area contributed by atoms with Crippen LogP contribution in [0.3, 0.4) is 0 Å². The van der Waals surface area contributed by atoms with E-state index in [-0.39, 0.29) is 0 Å². The molecule has 0 radical (unpaired) electrons. The standard InChI is InChI=1S/C13H25N3O/c1-12(2)11-17-8-4-6-14-7-5-13-9-15-16(3)10-13/h9-10,12,14H,4-8,11H2,1-3H3. The molecule has 98 valence electrons. The Hall–Kier alpha value is -0.870. The molecule has 1 aromatic heterocycles. The molecule has 1 N–H and O–H groups in total. The number of rotatable bonds is 9. The molecule has 1 heterocycles. The quantitative estimate of drug-likeness (QED) is 0.666. The van der Waals surface area contributed by atoms with E-state index in [4.69, 9.17) is 4.74 Å². The van der Waals surface area contributed by atoms with Crippen LogP contribution in [0.5, 0.6) is 0 Å². The Kier molecular flexibility index (Phi) is 6.89. The van der Waals surface area contributed by atoms with E-state index in [1.54, 1.807) is 0 Å². The van der Waals surface area contributed by atoms with E-state index in [9.17, 15) is 0 Å². The second kappa shape index (κ2) is 8.25. The molecule has 1 aromatic rings. The summed E-state index contributed by atoms with van der Waals surface area (Å²) >= 11 is 0. The third-order valence-corrected chi connectivity index (χ3v) is 2.44. The van der Waals surface area contributed by atoms with Gasteiger partial charge in [-0.05, 0) is 37.4 Å². The highest BCUT2D eigenvalue weighted by atomic mass is 16.5. The van der Waals surface area contributed by atoms with Crippen LogP contribution < -0.4 is 5.32 Å². The SMILES string of the molecule is CC(C)COCCCNCCc1cnn(C)c1. The van der Waals surface area contributed by atoms with Crippen LogP contribution in [-0.4, -0.2) is 36.1 Å². The molecule has 4 heteroatoms. The number of ether oxygens (including phenoxy) is 1. The highest BCUT2D eigenvalue weighted by molar-refractivity contribution is 5.03. The zero-order chi connectivity index (χ0) is 12.5. The van der Waals surface area contributed by atoms with Crippen LogP contribution in [0.4, 0.5) is 0 Å². The summed E-state index contributed by atoms with van der Waals surface area (Å²) in [6.07, 6.45) is 6.11. The summed E-state index contributed by atoms with van der Waals surface area (Å²) in [5.41, 5.74) is 1.29. The Bertz CT molecular complexity index is 297. The lowest BCUT2D eigenvalue weighted by Gasteiger charge is -2.07. The van der Waals surface area contributed by atoms with Crippen molar-refractivity contribution < 1.29 is 4.74 Å². The first-order valence-corrected chi connectivity index (χ1v) is 6.44. The van der Waals surface area contributed by atoms with E-state index < -0.39 is 0 Å². The fourth-order valence-corrected chi connectivity index (χ4v) is 1.58. The second-order valence-corrected chi connectivity index (χ2v) is 4.84. The smallest absolute Gasteiger partial charge is 0.0522 e. The maximum Gasteiger partial charge on any atom is 0.0522 e. The van der Waals surface area contributed by atoms with Crippen molar-refractivity contribution in [2.45, 2.75) is 26.7 Å². The normalized spacial score (nSPS) is 11.3. The second-order valence-electron chi connectivity index (χ2n) is 4.84. The van der Waals surface area contributed by atoms with Gasteiger partial charge in [0.15, 0.2) is 0 Å². The van der Waals surface area contributed by atoms with Crippen molar-refractivity contribution >= 4 is 0 Å². The summed E-state index contributed by atoms with van der Waals surface area (Å²) < 4.78 is 7.35. The Morgan fingerprint density at radius 3 is 2.88 bits per heavy atom. The van der Waals surface area contributed by atoms with Crippen LogP contribution in [0, 0.1) is 5.92 Å². The van der Waals surface area contributed by atoms with Crippen LogP contribution in [0.15, 0.2) is 12.4 Å². The molecule has 1 rings (SSSR count). The summed E-state index contributed by atoms with van der Waals surface area (Å²) in [4.78, 5) is 0. The van der Waals surface area contributed by atoms with E-state index in [0.717, 1.165) is 39.1 Å². The Morgan fingerprint density at radius 1 is 1.41 bits per heavy atom. The highest BCUT2D eigenvalue weighted by Gasteiger charge is 1.96. The molecule has 0 unspecified atom stereocenters. The molecule has 0 saturated carbocycles. The monoisotopic (exact) mass is 239 g/mol. The minimum atomic E-state index is 0.633. The number of hydrogen-bond donors (Lipinski definition) is 1. The molecule has 0 saturated heterocycles. The number of nitrogens with zero attached hydrogens (tertiary/aromatic N) is 2. The van der Waals surface area contributed by atoms with Crippen molar-refractivity contribution in [2.24, 2.45) is 13.0 Å². The van der Waals surface area contributed by atoms with Gasteiger partial charge in [0.2, 0.25) is 0 Å². The van der Waals surface area contributed by atoms with Crippen LogP contribution in [0.25, 0.3) is 0 Å². The molecule has 0 amide bonds. The van der Waals surface area contributed by atoms with Gasteiger partial charge in [0.05, 0.1) is 6.20 Å². The van der Waals surface area contributed by atoms with Gasteiger partial charge in [-0.2, -0.15) is 5.10 Å². The topological polar surface area (TPSA) is 39.1 Å². The van der Waals surface area contributed by atoms with Gasteiger partial charge in [-0.1, -0.05) is 13.8 Å². The lowest BCUT2D eigenvalue weighted by Crippen LogP contribution is -2.20. The van der Waals surface area contributed by atoms with Gasteiger partial charge in [-0.25, -0.2) is 0 Å². The maximum absolute atomic E-state index is 5.51. The summed E-state index contributed by atoms with van der Waals surface area (Å²) in [6, 6.07) is 0. The molecular weight excluding hydrogens is 214 g/mol. The molecule has 0 spiro atoms. The first-order valence-electron chi connectivity index (χ1n) is 6.44. The molecule has 0 aromatic carbocycles. The molecule has 17 heavy (non-hydrogen) atoms. The first-order chi connectivity index (χ1) is 8.18. The van der Waals surface area contributed by atoms with Gasteiger partial charge in [0, 0.05) is 26.5 Å². The van der Waals surface area contributed by atoms with Gasteiger partial charge >= 0.3 is 0 Å². The van der Waals surface area contributed by atoms with Gasteiger partial charge in [0.1, 0.15) is 0 Å². The van der Waals surface area contributed by atoms with Crippen LogP contribution >= 0.6 is 0 Å². The fourth-order valence-electron chi connectivity index (χ4n) is 1.58. The fraction of sp³-hybridized carbons (Fsp3) is 0.769. The number of aromatic nitrogens is 2. The molecule has 4 nitrogen and oxygen atoms in total. The van der Waals surface area contributed by atoms with E-state index >= 15 is 0 Å². The lowest BCUT2D eigenvalue weighted by atomic mass is 10.2. The number of hydrogen-bond acceptors (Lipinski definition) is 3. The average molecular weight is 239 g/mol. The first kappa shape index (κ1) is 14.2. The van der Waals surface area contributed by atoms with Crippen molar-refractivity contribution in [3.05, 3.63) is 18.0 Å². The van der Waals surface area contributed by atoms with Crippen LogP contribution in [0.2, 0.25) is 0 Å². The largest absolute Gasteiger partial charge is 0.381 e. The lowest BCUT2D eigenvalue weighted by molar-refractivity contribution is 0.108. The zero-order valence-electron chi connectivity index (χ0n) is 11.3. The maximum atomic E-state index is 5.51. The van der Waals surface area contributed by atoms with E-state index in [2.05, 4.69) is 30.5 Å². The van der Waals surface area contributed by atoms with Gasteiger partial charge in [-0.15, -0.1) is 0 Å². The molecule has 0 aliphatic heterocycles. The Morgan fingerprint density at radius 2 is 2.24 bits per heavy atom. The van der Waals surface area contributed by atoms with Crippen molar-refractivity contribution in [3.63, 3.8) is 0 Å². The molecule has 0 atom stereocenters. The summed E-state index contributed by atoms with van der Waals surface area (Å²) in [5.74, 6) is 0.633. The minimum absolute atomic E-state index is 0.633. The predicted octanol–water partition coefficient (Wildman–Crippen LogP) is 1.61. The van der Waals surface area contributed by atoms with Crippen molar-refractivity contribution in [1.82, 2.24) is 15.1 Å². The summed E-state index contributed by atoms with van der Waals surface area (Å²) in [7, 11) is 1.95. The Balaban J connectivity index is 1.88. The molecule has 0 bridgehead atoms. The van der Waals surface area contributed by atoms with E-state index in [0.29, 0.717) is 5.92 Å². The van der Waals surface area contributed by atoms with Crippen LogP contribution in [0.1, 0.15) is 25.8 Å². The third kappa shape index (κ3) is 7.13. The zero-order valence-corrected chi connectivity index (χ0v) is 11.3. The number of aryl methyl sites for hydroxylation is 1. The van der Waals surface area contributed by atoms with E-state index in [1.807, 2.05) is 17.9 Å². The van der Waals surface area contributed by atoms with Crippen molar-refractivity contribution in [2.75, 3.05) is 26.3 Å². The summed E-state index contributed by atoms with van der Waals surface area (Å²) in [5, 5.41) is 7.56. The summed E-state index contributed by atoms with van der Waals surface area (Å²) in [6.45, 7) is 8.11. The average Bonchev–Trinajstić information content (AvgIpc) is 2.68. The van der Waals surface area contributed by atoms with Gasteiger partial charge in [0.25, 0.3) is 0 Å². The molecular formula is C13H25N3O. The number of nitrogens with one attached hydrogen (secondary N) is 1. The van der Waals surface area contributed by atoms with Gasteiger partial charge in [-0.3, -0.25) is 4.68 Å². The van der Waals surface area contributed by atoms with Crippen molar-refractivity contribution in [3.8, 4) is 0 Å². The highest BCUT2D eigenvalue weighted by Crippen LogP contribution is 1.96. The van der Waals surface area contributed by atoms with Gasteiger partial charge < -0.3 is 10.1 Å². The third-order valence-electron chi connectivity index (χ3n) is 2.44. The van der Waals surface area contributed by atoms with E-state index in [1.165, 1.54) is 5.56 Å². The molecule has 0 fully saturated rings. The van der Waals surface area contributed by atoms with Crippen LogP contribution in [-0.2, 0) is 18.2 Å². The van der Waals surface area contributed by atoms with Crippen molar-refractivity contribution in [1.29, 1.82) is 0 Å². The Labute approximate surface area is 104 Å². The molecule has 0 aliphatic rings. The minimum Gasteiger partial charge on any atom is -0.381 e. The predicted molar refractivity (Wildman–Crippen MR) is 70.1 cm³/mol. The molecule has 0 aliphatic carbocycles.